The van der Waals surface area contributed by atoms with Gasteiger partial charge in [0.25, 0.3) is 0 Å². The van der Waals surface area contributed by atoms with Crippen LogP contribution in [0.25, 0.3) is 0 Å². The van der Waals surface area contributed by atoms with Crippen molar-refractivity contribution in [2.45, 2.75) is 6.92 Å². The Hall–Kier alpha value is -2.15. The molecule has 0 aliphatic carbocycles. The predicted octanol–water partition coefficient (Wildman–Crippen LogP) is 1.96. The van der Waals surface area contributed by atoms with Crippen LogP contribution in [0.15, 0.2) is 18.2 Å². The molecule has 3 N–H and O–H groups in total. The van der Waals surface area contributed by atoms with Gasteiger partial charge in [0, 0.05) is 11.5 Å². The van der Waals surface area contributed by atoms with Crippen LogP contribution in [-0.4, -0.2) is 22.4 Å². The number of carbonyl (C=O) groups excluding carboxylic acids is 1. The molecule has 18 heavy (non-hydrogen) atoms. The lowest BCUT2D eigenvalue weighted by Crippen LogP contribution is -2.03. The van der Waals surface area contributed by atoms with Crippen molar-refractivity contribution >= 4 is 34.0 Å². The zero-order valence-electron chi connectivity index (χ0n) is 9.93. The average Bonchev–Trinajstić information content (AvgIpc) is 2.76. The monoisotopic (exact) mass is 264 g/mol. The zero-order chi connectivity index (χ0) is 13.1. The number of nitrogens with zero attached hydrogens (tertiary/aromatic N) is 2. The molecule has 2 aromatic rings. The molecule has 2 rings (SSSR count). The second-order valence-corrected chi connectivity index (χ2v) is 4.32. The van der Waals surface area contributed by atoms with Gasteiger partial charge in [-0.05, 0) is 25.1 Å². The molecule has 0 radical (unpaired) electrons. The zero-order valence-corrected chi connectivity index (χ0v) is 10.7. The van der Waals surface area contributed by atoms with E-state index < -0.39 is 5.97 Å². The molecule has 0 atom stereocenters. The minimum atomic E-state index is -0.417. The molecule has 1 heterocycles. The van der Waals surface area contributed by atoms with Crippen molar-refractivity contribution < 1.29 is 9.53 Å². The van der Waals surface area contributed by atoms with Crippen LogP contribution in [0.2, 0.25) is 0 Å². The van der Waals surface area contributed by atoms with Crippen molar-refractivity contribution in [1.29, 1.82) is 0 Å². The molecular formula is C11H12N4O2S. The Kier molecular flexibility index (Phi) is 3.42. The lowest BCUT2D eigenvalue weighted by Gasteiger charge is -2.07. The summed E-state index contributed by atoms with van der Waals surface area (Å²) in [5, 5.41) is 3.70. The van der Waals surface area contributed by atoms with Gasteiger partial charge >= 0.3 is 5.97 Å². The normalized spacial score (nSPS) is 10.1. The number of hydrogen-bond donors (Lipinski definition) is 2. The van der Waals surface area contributed by atoms with Crippen LogP contribution in [0.3, 0.4) is 0 Å². The third-order valence-electron chi connectivity index (χ3n) is 2.24. The summed E-state index contributed by atoms with van der Waals surface area (Å²) >= 11 is 1.25. The highest BCUT2D eigenvalue weighted by atomic mass is 32.1. The van der Waals surface area contributed by atoms with E-state index in [1.807, 2.05) is 6.92 Å². The van der Waals surface area contributed by atoms with Crippen LogP contribution in [-0.2, 0) is 4.74 Å². The van der Waals surface area contributed by atoms with Crippen molar-refractivity contribution in [2.24, 2.45) is 0 Å². The average molecular weight is 264 g/mol. The molecule has 0 saturated carbocycles. The summed E-state index contributed by atoms with van der Waals surface area (Å²) in [6.45, 7) is 1.81. The van der Waals surface area contributed by atoms with E-state index >= 15 is 0 Å². The summed E-state index contributed by atoms with van der Waals surface area (Å²) in [6, 6.07) is 4.90. The Morgan fingerprint density at radius 2 is 2.28 bits per heavy atom. The summed E-state index contributed by atoms with van der Waals surface area (Å²) in [4.78, 5) is 15.5. The molecule has 7 heteroatoms. The Balaban J connectivity index is 2.22. The first-order valence-electron chi connectivity index (χ1n) is 5.15. The maximum absolute atomic E-state index is 11.3. The van der Waals surface area contributed by atoms with Crippen LogP contribution in [0.1, 0.15) is 16.2 Å². The molecule has 1 aromatic carbocycles. The van der Waals surface area contributed by atoms with E-state index in [1.165, 1.54) is 18.6 Å². The standard InChI is InChI=1S/C11H12N4O2S/c1-6-13-11(18-15-6)14-9-4-3-7(5-8(9)12)10(16)17-2/h3-5H,12H2,1-2H3,(H,13,14,15). The predicted molar refractivity (Wildman–Crippen MR) is 70.1 cm³/mol. The topological polar surface area (TPSA) is 90.1 Å². The van der Waals surface area contributed by atoms with Gasteiger partial charge in [-0.1, -0.05) is 0 Å². The number of nitrogens with one attached hydrogen (secondary N) is 1. The van der Waals surface area contributed by atoms with Crippen molar-refractivity contribution in [3.05, 3.63) is 29.6 Å². The second kappa shape index (κ2) is 5.01. The summed E-state index contributed by atoms with van der Waals surface area (Å²) in [7, 11) is 1.33. The third-order valence-corrected chi connectivity index (χ3v) is 2.96. The SMILES string of the molecule is COC(=O)c1ccc(Nc2nc(C)ns2)c(N)c1. The first-order valence-corrected chi connectivity index (χ1v) is 5.92. The molecule has 0 saturated heterocycles. The maximum Gasteiger partial charge on any atom is 0.337 e. The summed E-state index contributed by atoms with van der Waals surface area (Å²) < 4.78 is 8.67. The van der Waals surface area contributed by atoms with Crippen molar-refractivity contribution in [3.8, 4) is 0 Å². The molecular weight excluding hydrogens is 252 g/mol. The minimum absolute atomic E-state index is 0.411. The fourth-order valence-corrected chi connectivity index (χ4v) is 1.97. The third kappa shape index (κ3) is 2.57. The van der Waals surface area contributed by atoms with Crippen LogP contribution >= 0.6 is 11.5 Å². The molecule has 1 aromatic heterocycles. The van der Waals surface area contributed by atoms with E-state index in [0.29, 0.717) is 27.9 Å². The molecule has 0 fully saturated rings. The molecule has 0 bridgehead atoms. The number of hydrogen-bond acceptors (Lipinski definition) is 7. The van der Waals surface area contributed by atoms with Crippen molar-refractivity contribution in [1.82, 2.24) is 9.36 Å². The van der Waals surface area contributed by atoms with E-state index in [1.54, 1.807) is 18.2 Å². The van der Waals surface area contributed by atoms with E-state index in [-0.39, 0.29) is 0 Å². The number of methoxy groups -OCH3 is 1. The van der Waals surface area contributed by atoms with Crippen molar-refractivity contribution in [2.75, 3.05) is 18.2 Å². The van der Waals surface area contributed by atoms with Gasteiger partial charge in [0.15, 0.2) is 0 Å². The fraction of sp³-hybridized carbons (Fsp3) is 0.182. The number of aromatic nitrogens is 2. The molecule has 0 unspecified atom stereocenters. The number of carbonyl (C=O) groups is 1. The molecule has 94 valence electrons. The molecule has 0 spiro atoms. The van der Waals surface area contributed by atoms with E-state index in [0.717, 1.165) is 0 Å². The number of anilines is 3. The van der Waals surface area contributed by atoms with Gasteiger partial charge in [-0.15, -0.1) is 0 Å². The summed E-state index contributed by atoms with van der Waals surface area (Å²) in [5.41, 5.74) is 7.40. The number of rotatable bonds is 3. The van der Waals surface area contributed by atoms with Gasteiger partial charge in [0.1, 0.15) is 5.82 Å². The number of nitrogens with two attached hydrogens (primary N) is 1. The van der Waals surface area contributed by atoms with Gasteiger partial charge in [-0.3, -0.25) is 0 Å². The number of benzene rings is 1. The highest BCUT2D eigenvalue weighted by molar-refractivity contribution is 7.09. The summed E-state index contributed by atoms with van der Waals surface area (Å²) in [5.74, 6) is 0.285. The van der Waals surface area contributed by atoms with E-state index in [9.17, 15) is 4.79 Å². The smallest absolute Gasteiger partial charge is 0.337 e. The highest BCUT2D eigenvalue weighted by Gasteiger charge is 2.09. The van der Waals surface area contributed by atoms with E-state index in [2.05, 4.69) is 19.4 Å². The molecule has 0 aliphatic heterocycles. The molecule has 6 nitrogen and oxygen atoms in total. The highest BCUT2D eigenvalue weighted by Crippen LogP contribution is 2.25. The Bertz CT molecular complexity index is 582. The largest absolute Gasteiger partial charge is 0.465 e. The number of nitrogen functional groups attached to an aromatic ring is 1. The summed E-state index contributed by atoms with van der Waals surface area (Å²) in [6.07, 6.45) is 0. The minimum Gasteiger partial charge on any atom is -0.465 e. The van der Waals surface area contributed by atoms with Crippen molar-refractivity contribution in [3.63, 3.8) is 0 Å². The van der Waals surface area contributed by atoms with Crippen LogP contribution < -0.4 is 11.1 Å². The van der Waals surface area contributed by atoms with Gasteiger partial charge in [-0.25, -0.2) is 9.78 Å². The number of ether oxygens (including phenoxy) is 1. The van der Waals surface area contributed by atoms with Gasteiger partial charge < -0.3 is 15.8 Å². The second-order valence-electron chi connectivity index (χ2n) is 3.57. The van der Waals surface area contributed by atoms with Crippen LogP contribution in [0.4, 0.5) is 16.5 Å². The Morgan fingerprint density at radius 3 is 2.83 bits per heavy atom. The van der Waals surface area contributed by atoms with E-state index in [4.69, 9.17) is 5.73 Å². The molecule has 0 amide bonds. The van der Waals surface area contributed by atoms with Gasteiger partial charge in [-0.2, -0.15) is 4.37 Å². The van der Waals surface area contributed by atoms with Crippen LogP contribution in [0.5, 0.6) is 0 Å². The first-order chi connectivity index (χ1) is 8.60. The number of aryl methyl sites for hydroxylation is 1. The lowest BCUT2D eigenvalue weighted by atomic mass is 10.2. The maximum atomic E-state index is 11.3. The van der Waals surface area contributed by atoms with Crippen LogP contribution in [0, 0.1) is 6.92 Å². The van der Waals surface area contributed by atoms with Gasteiger partial charge in [0.2, 0.25) is 5.13 Å². The van der Waals surface area contributed by atoms with Gasteiger partial charge in [0.05, 0.1) is 24.0 Å². The quantitative estimate of drug-likeness (QED) is 0.650. The Labute approximate surface area is 108 Å². The number of esters is 1. The molecule has 0 aliphatic rings. The lowest BCUT2D eigenvalue weighted by molar-refractivity contribution is 0.0601. The first kappa shape index (κ1) is 12.3. The fourth-order valence-electron chi connectivity index (χ4n) is 1.38. The Morgan fingerprint density at radius 1 is 1.50 bits per heavy atom.